The Hall–Kier alpha value is -0.800. The van der Waals surface area contributed by atoms with Crippen LogP contribution in [-0.4, -0.2) is 25.2 Å². The van der Waals surface area contributed by atoms with Crippen LogP contribution in [0.15, 0.2) is 18.2 Å². The first-order valence-corrected chi connectivity index (χ1v) is 7.65. The van der Waals surface area contributed by atoms with Gasteiger partial charge in [-0.2, -0.15) is 0 Å². The molecule has 1 fully saturated rings. The molecule has 1 aromatic rings. The zero-order valence-corrected chi connectivity index (χ0v) is 13.5. The van der Waals surface area contributed by atoms with Crippen LogP contribution in [0.2, 0.25) is 5.02 Å². The Morgan fingerprint density at radius 2 is 2.10 bits per heavy atom. The van der Waals surface area contributed by atoms with Crippen LogP contribution < -0.4 is 10.2 Å². The van der Waals surface area contributed by atoms with Gasteiger partial charge < -0.3 is 10.2 Å². The van der Waals surface area contributed by atoms with E-state index in [1.807, 2.05) is 0 Å². The van der Waals surface area contributed by atoms with E-state index in [0.29, 0.717) is 17.1 Å². The second kappa shape index (κ2) is 5.90. The lowest BCUT2D eigenvalue weighted by Gasteiger charge is -2.46. The standard InChI is InChI=1S/C16H24ClFN2/c1-5-12-9-19-15(16(2,3)4)10-20(12)14-8-11(18)6-7-13(14)17/h6-8,12,15,19H,5,9-10H2,1-4H3. The number of benzene rings is 1. The molecule has 4 heteroatoms. The van der Waals surface area contributed by atoms with Crippen LogP contribution in [0, 0.1) is 11.2 Å². The number of hydrogen-bond donors (Lipinski definition) is 1. The molecule has 1 N–H and O–H groups in total. The van der Waals surface area contributed by atoms with Crippen molar-refractivity contribution in [1.29, 1.82) is 0 Å². The maximum atomic E-state index is 13.6. The molecular weight excluding hydrogens is 275 g/mol. The second-order valence-electron chi connectivity index (χ2n) is 6.64. The van der Waals surface area contributed by atoms with Crippen LogP contribution >= 0.6 is 11.6 Å². The highest BCUT2D eigenvalue weighted by molar-refractivity contribution is 6.33. The van der Waals surface area contributed by atoms with E-state index in [1.165, 1.54) is 6.07 Å². The molecule has 1 heterocycles. The number of nitrogens with zero attached hydrogens (tertiary/aromatic N) is 1. The summed E-state index contributed by atoms with van der Waals surface area (Å²) in [6.07, 6.45) is 1.01. The maximum Gasteiger partial charge on any atom is 0.125 e. The summed E-state index contributed by atoms with van der Waals surface area (Å²) < 4.78 is 13.6. The minimum atomic E-state index is -0.231. The van der Waals surface area contributed by atoms with Crippen LogP contribution in [0.1, 0.15) is 34.1 Å². The first kappa shape index (κ1) is 15.6. The number of halogens is 2. The van der Waals surface area contributed by atoms with Crippen molar-refractivity contribution in [2.75, 3.05) is 18.0 Å². The van der Waals surface area contributed by atoms with Crippen LogP contribution in [0.4, 0.5) is 10.1 Å². The third kappa shape index (κ3) is 3.26. The van der Waals surface area contributed by atoms with Crippen LogP contribution in [0.5, 0.6) is 0 Å². The molecule has 2 atom stereocenters. The summed E-state index contributed by atoms with van der Waals surface area (Å²) in [6, 6.07) is 5.33. The maximum absolute atomic E-state index is 13.6. The van der Waals surface area contributed by atoms with Crippen molar-refractivity contribution in [3.63, 3.8) is 0 Å². The Bertz CT molecular complexity index is 470. The molecule has 112 valence electrons. The quantitative estimate of drug-likeness (QED) is 0.885. The number of nitrogens with one attached hydrogen (secondary N) is 1. The molecule has 1 aliphatic heterocycles. The summed E-state index contributed by atoms with van der Waals surface area (Å²) in [5, 5.41) is 4.24. The smallest absolute Gasteiger partial charge is 0.125 e. The molecule has 0 saturated carbocycles. The SMILES string of the molecule is CCC1CNC(C(C)(C)C)CN1c1cc(F)ccc1Cl. The van der Waals surface area contributed by atoms with E-state index in [1.54, 1.807) is 12.1 Å². The average Bonchev–Trinajstić information content (AvgIpc) is 2.40. The first-order chi connectivity index (χ1) is 9.32. The fraction of sp³-hybridized carbons (Fsp3) is 0.625. The molecule has 0 amide bonds. The van der Waals surface area contributed by atoms with Gasteiger partial charge in [0.2, 0.25) is 0 Å². The Morgan fingerprint density at radius 3 is 2.70 bits per heavy atom. The first-order valence-electron chi connectivity index (χ1n) is 7.28. The van der Waals surface area contributed by atoms with Gasteiger partial charge in [0.15, 0.2) is 0 Å². The number of piperazine rings is 1. The van der Waals surface area contributed by atoms with E-state index < -0.39 is 0 Å². The summed E-state index contributed by atoms with van der Waals surface area (Å²) in [5.74, 6) is -0.231. The molecule has 2 nitrogen and oxygen atoms in total. The molecule has 2 unspecified atom stereocenters. The van der Waals surface area contributed by atoms with Gasteiger partial charge in [0, 0.05) is 25.2 Å². The highest BCUT2D eigenvalue weighted by Gasteiger charge is 2.34. The number of hydrogen-bond acceptors (Lipinski definition) is 2. The summed E-state index contributed by atoms with van der Waals surface area (Å²) in [7, 11) is 0. The van der Waals surface area contributed by atoms with E-state index in [9.17, 15) is 4.39 Å². The lowest BCUT2D eigenvalue weighted by molar-refractivity contribution is 0.233. The molecule has 0 bridgehead atoms. The number of rotatable bonds is 2. The summed E-state index contributed by atoms with van der Waals surface area (Å²) in [4.78, 5) is 2.26. The van der Waals surface area contributed by atoms with Crippen molar-refractivity contribution >= 4 is 17.3 Å². The number of anilines is 1. The lowest BCUT2D eigenvalue weighted by atomic mass is 9.84. The van der Waals surface area contributed by atoms with Gasteiger partial charge in [-0.3, -0.25) is 0 Å². The summed E-state index contributed by atoms with van der Waals surface area (Å²) in [5.41, 5.74) is 0.978. The molecule has 1 aliphatic rings. The Morgan fingerprint density at radius 1 is 1.40 bits per heavy atom. The topological polar surface area (TPSA) is 15.3 Å². The highest BCUT2D eigenvalue weighted by Crippen LogP contribution is 2.33. The van der Waals surface area contributed by atoms with Crippen molar-refractivity contribution in [2.24, 2.45) is 5.41 Å². The van der Waals surface area contributed by atoms with Crippen molar-refractivity contribution in [3.8, 4) is 0 Å². The normalized spacial score (nSPS) is 24.0. The van der Waals surface area contributed by atoms with Crippen LogP contribution in [0.3, 0.4) is 0 Å². The molecule has 0 radical (unpaired) electrons. The van der Waals surface area contributed by atoms with Crippen LogP contribution in [0.25, 0.3) is 0 Å². The van der Waals surface area contributed by atoms with Crippen LogP contribution in [-0.2, 0) is 0 Å². The Kier molecular flexibility index (Phi) is 4.60. The molecule has 2 rings (SSSR count). The van der Waals surface area contributed by atoms with Gasteiger partial charge in [-0.15, -0.1) is 0 Å². The lowest BCUT2D eigenvalue weighted by Crippen LogP contribution is -2.60. The van der Waals surface area contributed by atoms with Gasteiger partial charge in [-0.05, 0) is 30.0 Å². The summed E-state index contributed by atoms with van der Waals surface area (Å²) in [6.45, 7) is 10.6. The highest BCUT2D eigenvalue weighted by atomic mass is 35.5. The van der Waals surface area contributed by atoms with Crippen molar-refractivity contribution < 1.29 is 4.39 Å². The van der Waals surface area contributed by atoms with Crippen molar-refractivity contribution in [3.05, 3.63) is 29.0 Å². The molecule has 20 heavy (non-hydrogen) atoms. The molecule has 1 aromatic carbocycles. The van der Waals surface area contributed by atoms with E-state index in [4.69, 9.17) is 11.6 Å². The Labute approximate surface area is 126 Å². The zero-order valence-electron chi connectivity index (χ0n) is 12.7. The third-order valence-electron chi connectivity index (χ3n) is 4.15. The van der Waals surface area contributed by atoms with Gasteiger partial charge in [-0.25, -0.2) is 4.39 Å². The van der Waals surface area contributed by atoms with E-state index in [2.05, 4.69) is 37.9 Å². The molecule has 1 saturated heterocycles. The largest absolute Gasteiger partial charge is 0.364 e. The third-order valence-corrected chi connectivity index (χ3v) is 4.47. The van der Waals surface area contributed by atoms with E-state index in [-0.39, 0.29) is 11.2 Å². The predicted molar refractivity (Wildman–Crippen MR) is 84.1 cm³/mol. The molecule has 0 aromatic heterocycles. The molecular formula is C16H24ClFN2. The monoisotopic (exact) mass is 298 g/mol. The van der Waals surface area contributed by atoms with Gasteiger partial charge in [-0.1, -0.05) is 39.3 Å². The minimum Gasteiger partial charge on any atom is -0.364 e. The fourth-order valence-corrected chi connectivity index (χ4v) is 2.97. The van der Waals surface area contributed by atoms with Gasteiger partial charge >= 0.3 is 0 Å². The average molecular weight is 299 g/mol. The summed E-state index contributed by atoms with van der Waals surface area (Å²) >= 11 is 6.29. The van der Waals surface area contributed by atoms with E-state index in [0.717, 1.165) is 25.2 Å². The van der Waals surface area contributed by atoms with E-state index >= 15 is 0 Å². The van der Waals surface area contributed by atoms with Gasteiger partial charge in [0.1, 0.15) is 5.82 Å². The molecule has 0 aliphatic carbocycles. The molecule has 0 spiro atoms. The Balaban J connectivity index is 2.32. The van der Waals surface area contributed by atoms with Gasteiger partial charge in [0.25, 0.3) is 0 Å². The predicted octanol–water partition coefficient (Wildman–Crippen LogP) is 4.08. The zero-order chi connectivity index (χ0) is 14.9. The second-order valence-corrected chi connectivity index (χ2v) is 7.04. The van der Waals surface area contributed by atoms with Crippen molar-refractivity contribution in [1.82, 2.24) is 5.32 Å². The fourth-order valence-electron chi connectivity index (χ4n) is 2.74. The van der Waals surface area contributed by atoms with Crippen molar-refractivity contribution in [2.45, 2.75) is 46.2 Å². The van der Waals surface area contributed by atoms with Gasteiger partial charge in [0.05, 0.1) is 10.7 Å². The minimum absolute atomic E-state index is 0.163.